The average molecular weight is 516 g/mol. The number of nitrogens with zero attached hydrogens (tertiary/aromatic N) is 4. The number of guanidine groups is 1. The van der Waals surface area contributed by atoms with E-state index in [1.54, 1.807) is 12.1 Å². The molecule has 3 aromatic rings. The van der Waals surface area contributed by atoms with Crippen LogP contribution in [0.4, 0.5) is 8.78 Å². The van der Waals surface area contributed by atoms with Gasteiger partial charge >= 0.3 is 6.61 Å². The summed E-state index contributed by atoms with van der Waals surface area (Å²) in [6.45, 7) is 2.21. The van der Waals surface area contributed by atoms with E-state index in [9.17, 15) is 8.78 Å². The molecule has 0 fully saturated rings. The third kappa shape index (κ3) is 6.24. The van der Waals surface area contributed by atoms with Crippen molar-refractivity contribution in [1.29, 1.82) is 0 Å². The van der Waals surface area contributed by atoms with Crippen LogP contribution in [0.1, 0.15) is 23.9 Å². The molecule has 0 spiro atoms. The van der Waals surface area contributed by atoms with Crippen LogP contribution < -0.4 is 15.4 Å². The summed E-state index contributed by atoms with van der Waals surface area (Å²) in [7, 11) is 0. The third-order valence-electron chi connectivity index (χ3n) is 3.98. The van der Waals surface area contributed by atoms with E-state index in [0.717, 1.165) is 17.0 Å². The highest BCUT2D eigenvalue weighted by atomic mass is 127. The maximum atomic E-state index is 12.6. The Balaban J connectivity index is 0.00000300. The summed E-state index contributed by atoms with van der Waals surface area (Å²) in [4.78, 5) is 4.48. The highest BCUT2D eigenvalue weighted by Gasteiger charge is 2.10. The van der Waals surface area contributed by atoms with Gasteiger partial charge in [0, 0.05) is 18.3 Å². The third-order valence-corrected chi connectivity index (χ3v) is 3.98. The molecule has 0 unspecified atom stereocenters. The summed E-state index contributed by atoms with van der Waals surface area (Å²) >= 11 is 0. The Labute approximate surface area is 184 Å². The highest BCUT2D eigenvalue weighted by Crippen LogP contribution is 2.22. The molecule has 0 amide bonds. The molecule has 156 valence electrons. The van der Waals surface area contributed by atoms with Crippen molar-refractivity contribution >= 4 is 35.6 Å². The minimum Gasteiger partial charge on any atom is -0.434 e. The Morgan fingerprint density at radius 3 is 2.79 bits per heavy atom. The molecule has 3 rings (SSSR count). The van der Waals surface area contributed by atoms with Gasteiger partial charge in [0.05, 0.1) is 13.1 Å². The number of ether oxygens (including phenoxy) is 1. The van der Waals surface area contributed by atoms with E-state index >= 15 is 0 Å². The van der Waals surface area contributed by atoms with Gasteiger partial charge in [-0.25, -0.2) is 4.99 Å². The quantitative estimate of drug-likeness (QED) is 0.286. The maximum Gasteiger partial charge on any atom is 0.387 e. The maximum absolute atomic E-state index is 12.6. The zero-order chi connectivity index (χ0) is 19.9. The fourth-order valence-electron chi connectivity index (χ4n) is 2.72. The number of nitrogens with one attached hydrogen (secondary N) is 2. The van der Waals surface area contributed by atoms with E-state index < -0.39 is 6.61 Å². The van der Waals surface area contributed by atoms with Gasteiger partial charge in [0.25, 0.3) is 0 Å². The Morgan fingerprint density at radius 2 is 2.03 bits per heavy atom. The standard InChI is InChI=1S/C19H22F2N6O.HI/c1-3-22-19(24-12-17-26-25-16-6-4-5-9-27(16)17)23-11-14-10-13(2)7-8-15(14)28-18(20)21;/h4-10,18H,3,11-12H2,1-2H3,(H2,22,23,24);1H. The van der Waals surface area contributed by atoms with Crippen LogP contribution in [0.15, 0.2) is 47.6 Å². The summed E-state index contributed by atoms with van der Waals surface area (Å²) in [6.07, 6.45) is 1.89. The Kier molecular flexibility index (Phi) is 8.55. The summed E-state index contributed by atoms with van der Waals surface area (Å²) < 4.78 is 31.7. The molecule has 2 heterocycles. The lowest BCUT2D eigenvalue weighted by atomic mass is 10.1. The molecule has 0 aliphatic heterocycles. The van der Waals surface area contributed by atoms with E-state index in [0.29, 0.717) is 24.6 Å². The molecule has 2 aromatic heterocycles. The molecule has 0 saturated carbocycles. The smallest absolute Gasteiger partial charge is 0.387 e. The van der Waals surface area contributed by atoms with Gasteiger partial charge in [0.15, 0.2) is 17.4 Å². The first-order valence-corrected chi connectivity index (χ1v) is 8.92. The van der Waals surface area contributed by atoms with E-state index in [1.807, 2.05) is 42.6 Å². The van der Waals surface area contributed by atoms with Crippen LogP contribution in [0.3, 0.4) is 0 Å². The lowest BCUT2D eigenvalue weighted by molar-refractivity contribution is -0.0504. The van der Waals surface area contributed by atoms with E-state index in [1.165, 1.54) is 6.07 Å². The average Bonchev–Trinajstić information content (AvgIpc) is 3.09. The Hall–Kier alpha value is -2.50. The topological polar surface area (TPSA) is 75.8 Å². The van der Waals surface area contributed by atoms with Gasteiger partial charge < -0.3 is 15.4 Å². The predicted molar refractivity (Wildman–Crippen MR) is 118 cm³/mol. The number of aromatic nitrogens is 3. The molecule has 0 bridgehead atoms. The second-order valence-electron chi connectivity index (χ2n) is 6.08. The number of aryl methyl sites for hydroxylation is 1. The molecule has 0 aliphatic carbocycles. The largest absolute Gasteiger partial charge is 0.434 e. The molecule has 2 N–H and O–H groups in total. The van der Waals surface area contributed by atoms with E-state index in [4.69, 9.17) is 0 Å². The van der Waals surface area contributed by atoms with Crippen molar-refractivity contribution in [3.63, 3.8) is 0 Å². The number of aliphatic imine (C=N–C) groups is 1. The van der Waals surface area contributed by atoms with Crippen LogP contribution in [-0.2, 0) is 13.1 Å². The number of alkyl halides is 2. The Morgan fingerprint density at radius 1 is 1.21 bits per heavy atom. The molecule has 0 radical (unpaired) electrons. The monoisotopic (exact) mass is 516 g/mol. The van der Waals surface area contributed by atoms with Crippen molar-refractivity contribution in [3.8, 4) is 5.75 Å². The zero-order valence-corrected chi connectivity index (χ0v) is 18.4. The molecular formula is C19H23F2IN6O. The van der Waals surface area contributed by atoms with Gasteiger partial charge in [0.2, 0.25) is 0 Å². The van der Waals surface area contributed by atoms with Gasteiger partial charge in [-0.1, -0.05) is 23.8 Å². The second kappa shape index (κ2) is 10.9. The lowest BCUT2D eigenvalue weighted by Gasteiger charge is -2.13. The van der Waals surface area contributed by atoms with Crippen LogP contribution in [0.2, 0.25) is 0 Å². The van der Waals surface area contributed by atoms with Gasteiger partial charge in [-0.05, 0) is 32.0 Å². The number of fused-ring (bicyclic) bond motifs is 1. The number of halogens is 3. The molecule has 0 aliphatic rings. The van der Waals surface area contributed by atoms with Gasteiger partial charge in [-0.15, -0.1) is 34.2 Å². The SMILES string of the molecule is CCNC(=NCc1cc(C)ccc1OC(F)F)NCc1nnc2ccccn12.I. The first-order chi connectivity index (χ1) is 13.6. The van der Waals surface area contributed by atoms with Crippen LogP contribution in [0.25, 0.3) is 5.65 Å². The van der Waals surface area contributed by atoms with Gasteiger partial charge in [0.1, 0.15) is 5.75 Å². The van der Waals surface area contributed by atoms with Crippen molar-refractivity contribution in [1.82, 2.24) is 25.2 Å². The number of benzene rings is 1. The molecule has 1 aromatic carbocycles. The Bertz CT molecular complexity index is 963. The normalized spacial score (nSPS) is 11.4. The number of rotatable bonds is 7. The van der Waals surface area contributed by atoms with Crippen molar-refractivity contribution in [2.75, 3.05) is 6.54 Å². The summed E-state index contributed by atoms with van der Waals surface area (Å²) in [5, 5.41) is 14.6. The van der Waals surface area contributed by atoms with Crippen LogP contribution in [0, 0.1) is 6.92 Å². The molecule has 29 heavy (non-hydrogen) atoms. The number of pyridine rings is 1. The molecular weight excluding hydrogens is 493 g/mol. The predicted octanol–water partition coefficient (Wildman–Crippen LogP) is 3.51. The number of hydrogen-bond donors (Lipinski definition) is 2. The zero-order valence-electron chi connectivity index (χ0n) is 16.1. The van der Waals surface area contributed by atoms with E-state index in [-0.39, 0.29) is 36.3 Å². The van der Waals surface area contributed by atoms with Gasteiger partial charge in [-0.2, -0.15) is 8.78 Å². The molecule has 7 nitrogen and oxygen atoms in total. The molecule has 0 atom stereocenters. The van der Waals surface area contributed by atoms with Crippen LogP contribution in [-0.4, -0.2) is 33.7 Å². The first-order valence-electron chi connectivity index (χ1n) is 8.92. The van der Waals surface area contributed by atoms with Gasteiger partial charge in [-0.3, -0.25) is 4.40 Å². The fraction of sp³-hybridized carbons (Fsp3) is 0.316. The fourth-order valence-corrected chi connectivity index (χ4v) is 2.72. The van der Waals surface area contributed by atoms with E-state index in [2.05, 4.69) is 30.6 Å². The minimum absolute atomic E-state index is 0. The van der Waals surface area contributed by atoms with Crippen molar-refractivity contribution in [2.45, 2.75) is 33.5 Å². The summed E-state index contributed by atoms with van der Waals surface area (Å²) in [6, 6.07) is 10.7. The lowest BCUT2D eigenvalue weighted by Crippen LogP contribution is -2.37. The first kappa shape index (κ1) is 22.8. The summed E-state index contributed by atoms with van der Waals surface area (Å²) in [5.74, 6) is 1.40. The second-order valence-corrected chi connectivity index (χ2v) is 6.08. The number of hydrogen-bond acceptors (Lipinski definition) is 4. The van der Waals surface area contributed by atoms with Crippen molar-refractivity contribution in [2.24, 2.45) is 4.99 Å². The van der Waals surface area contributed by atoms with Crippen molar-refractivity contribution in [3.05, 3.63) is 59.5 Å². The highest BCUT2D eigenvalue weighted by molar-refractivity contribution is 14.0. The summed E-state index contributed by atoms with van der Waals surface area (Å²) in [5.41, 5.74) is 2.29. The molecule has 0 saturated heterocycles. The minimum atomic E-state index is -2.88. The molecule has 10 heteroatoms. The van der Waals surface area contributed by atoms with Crippen LogP contribution >= 0.6 is 24.0 Å². The van der Waals surface area contributed by atoms with Crippen LogP contribution in [0.5, 0.6) is 5.75 Å². The van der Waals surface area contributed by atoms with Crippen molar-refractivity contribution < 1.29 is 13.5 Å².